The fourth-order valence-corrected chi connectivity index (χ4v) is 3.47. The number of pyridine rings is 1. The summed E-state index contributed by atoms with van der Waals surface area (Å²) in [5.41, 5.74) is 1.62. The average Bonchev–Trinajstić information content (AvgIpc) is 3.26. The highest BCUT2D eigenvalue weighted by molar-refractivity contribution is 7.92. The van der Waals surface area contributed by atoms with Gasteiger partial charge in [-0.05, 0) is 30.3 Å². The van der Waals surface area contributed by atoms with Gasteiger partial charge in [0.05, 0.1) is 17.1 Å². The molecule has 2 N–H and O–H groups in total. The van der Waals surface area contributed by atoms with Crippen molar-refractivity contribution < 1.29 is 17.9 Å². The molecule has 0 saturated heterocycles. The Morgan fingerprint density at radius 1 is 1.12 bits per heavy atom. The van der Waals surface area contributed by atoms with Gasteiger partial charge in [-0.3, -0.25) is 9.71 Å². The van der Waals surface area contributed by atoms with Gasteiger partial charge in [0.2, 0.25) is 6.79 Å². The standard InChI is InChI=1S/C16H13N3O4S/c20-24(21,19-13-5-3-6-15-16(13)23-10-22-15)11-8-14(18-9-11)12-4-1-2-7-17-12/h1-9,18-19H,10H2. The third-order valence-corrected chi connectivity index (χ3v) is 4.89. The Hall–Kier alpha value is -3.00. The third kappa shape index (κ3) is 2.56. The monoisotopic (exact) mass is 343 g/mol. The van der Waals surface area contributed by atoms with Gasteiger partial charge in [0.1, 0.15) is 4.90 Å². The van der Waals surface area contributed by atoms with E-state index in [1.165, 1.54) is 12.3 Å². The second-order valence-electron chi connectivity index (χ2n) is 5.11. The number of fused-ring (bicyclic) bond motifs is 1. The van der Waals surface area contributed by atoms with Crippen LogP contribution < -0.4 is 14.2 Å². The molecule has 0 saturated carbocycles. The smallest absolute Gasteiger partial charge is 0.263 e. The zero-order chi connectivity index (χ0) is 16.6. The number of aromatic amines is 1. The van der Waals surface area contributed by atoms with Gasteiger partial charge in [-0.2, -0.15) is 0 Å². The number of anilines is 1. The molecule has 4 rings (SSSR count). The summed E-state index contributed by atoms with van der Waals surface area (Å²) in [6.45, 7) is 0.0715. The Labute approximate surface area is 138 Å². The van der Waals surface area contributed by atoms with E-state index in [1.807, 2.05) is 6.07 Å². The Balaban J connectivity index is 1.65. The minimum absolute atomic E-state index is 0.0715. The van der Waals surface area contributed by atoms with Crippen LogP contribution in [0.4, 0.5) is 5.69 Å². The van der Waals surface area contributed by atoms with E-state index in [0.717, 1.165) is 0 Å². The van der Waals surface area contributed by atoms with Crippen LogP contribution in [0.15, 0.2) is 59.8 Å². The maximum atomic E-state index is 12.6. The first-order chi connectivity index (χ1) is 11.6. The van der Waals surface area contributed by atoms with Crippen LogP contribution in [0.5, 0.6) is 11.5 Å². The van der Waals surface area contributed by atoms with E-state index < -0.39 is 10.0 Å². The zero-order valence-electron chi connectivity index (χ0n) is 12.4. The van der Waals surface area contributed by atoms with E-state index in [0.29, 0.717) is 28.6 Å². The van der Waals surface area contributed by atoms with Crippen molar-refractivity contribution in [2.45, 2.75) is 4.90 Å². The van der Waals surface area contributed by atoms with Crippen LogP contribution in [0, 0.1) is 0 Å². The van der Waals surface area contributed by atoms with E-state index in [1.54, 1.807) is 36.5 Å². The minimum atomic E-state index is -3.77. The molecule has 0 atom stereocenters. The maximum Gasteiger partial charge on any atom is 0.263 e. The third-order valence-electron chi connectivity index (χ3n) is 3.55. The molecule has 0 unspecified atom stereocenters. The molecule has 0 aliphatic carbocycles. The zero-order valence-corrected chi connectivity index (χ0v) is 13.2. The van der Waals surface area contributed by atoms with Crippen molar-refractivity contribution in [1.29, 1.82) is 0 Å². The number of para-hydroxylation sites is 1. The number of nitrogens with one attached hydrogen (secondary N) is 2. The van der Waals surface area contributed by atoms with Crippen molar-refractivity contribution in [3.63, 3.8) is 0 Å². The summed E-state index contributed by atoms with van der Waals surface area (Å²) in [7, 11) is -3.77. The van der Waals surface area contributed by atoms with E-state index in [2.05, 4.69) is 14.7 Å². The van der Waals surface area contributed by atoms with Crippen molar-refractivity contribution in [2.24, 2.45) is 0 Å². The van der Waals surface area contributed by atoms with Gasteiger partial charge >= 0.3 is 0 Å². The molecule has 1 aliphatic heterocycles. The molecule has 0 fully saturated rings. The summed E-state index contributed by atoms with van der Waals surface area (Å²) in [6, 6.07) is 12.0. The maximum absolute atomic E-state index is 12.6. The summed E-state index contributed by atoms with van der Waals surface area (Å²) in [5, 5.41) is 0. The molecule has 1 aromatic carbocycles. The van der Waals surface area contributed by atoms with Crippen LogP contribution in [0.3, 0.4) is 0 Å². The van der Waals surface area contributed by atoms with E-state index in [4.69, 9.17) is 9.47 Å². The van der Waals surface area contributed by atoms with Gasteiger partial charge in [-0.1, -0.05) is 12.1 Å². The van der Waals surface area contributed by atoms with Crippen molar-refractivity contribution in [3.8, 4) is 22.9 Å². The highest BCUT2D eigenvalue weighted by atomic mass is 32.2. The van der Waals surface area contributed by atoms with E-state index in [-0.39, 0.29) is 11.7 Å². The van der Waals surface area contributed by atoms with Gasteiger partial charge < -0.3 is 14.5 Å². The van der Waals surface area contributed by atoms with Gasteiger partial charge in [0.25, 0.3) is 10.0 Å². The normalized spacial score (nSPS) is 13.0. The number of sulfonamides is 1. The van der Waals surface area contributed by atoms with Crippen LogP contribution in [0.1, 0.15) is 0 Å². The average molecular weight is 343 g/mol. The summed E-state index contributed by atoms with van der Waals surface area (Å²) in [4.78, 5) is 7.23. The molecular weight excluding hydrogens is 330 g/mol. The molecule has 0 spiro atoms. The van der Waals surface area contributed by atoms with Crippen LogP contribution in [-0.4, -0.2) is 25.2 Å². The number of aromatic nitrogens is 2. The summed E-state index contributed by atoms with van der Waals surface area (Å²) >= 11 is 0. The molecule has 24 heavy (non-hydrogen) atoms. The minimum Gasteiger partial charge on any atom is -0.454 e. The lowest BCUT2D eigenvalue weighted by atomic mass is 10.3. The lowest BCUT2D eigenvalue weighted by Gasteiger charge is -2.08. The first-order valence-electron chi connectivity index (χ1n) is 7.15. The van der Waals surface area contributed by atoms with Crippen molar-refractivity contribution in [2.75, 3.05) is 11.5 Å². The molecule has 2 aromatic heterocycles. The van der Waals surface area contributed by atoms with Crippen molar-refractivity contribution in [3.05, 3.63) is 54.9 Å². The van der Waals surface area contributed by atoms with Gasteiger partial charge in [-0.25, -0.2) is 8.42 Å². The molecule has 0 amide bonds. The highest BCUT2D eigenvalue weighted by Gasteiger charge is 2.23. The van der Waals surface area contributed by atoms with Crippen LogP contribution >= 0.6 is 0 Å². The van der Waals surface area contributed by atoms with Crippen molar-refractivity contribution in [1.82, 2.24) is 9.97 Å². The Morgan fingerprint density at radius 3 is 2.88 bits per heavy atom. The molecule has 122 valence electrons. The van der Waals surface area contributed by atoms with Crippen LogP contribution in [0.25, 0.3) is 11.4 Å². The fraction of sp³-hybridized carbons (Fsp3) is 0.0625. The molecule has 3 aromatic rings. The summed E-state index contributed by atoms with van der Waals surface area (Å²) in [5.74, 6) is 0.903. The highest BCUT2D eigenvalue weighted by Crippen LogP contribution is 2.39. The predicted octanol–water partition coefficient (Wildman–Crippen LogP) is 2.61. The lowest BCUT2D eigenvalue weighted by molar-refractivity contribution is 0.174. The van der Waals surface area contributed by atoms with Crippen LogP contribution in [0.2, 0.25) is 0 Å². The summed E-state index contributed by atoms with van der Waals surface area (Å²) in [6.07, 6.45) is 3.07. The number of hydrogen-bond acceptors (Lipinski definition) is 5. The molecule has 3 heterocycles. The fourth-order valence-electron chi connectivity index (χ4n) is 2.41. The molecule has 7 nitrogen and oxygen atoms in total. The Bertz CT molecular complexity index is 984. The van der Waals surface area contributed by atoms with Gasteiger partial charge in [0.15, 0.2) is 11.5 Å². The second-order valence-corrected chi connectivity index (χ2v) is 6.79. The van der Waals surface area contributed by atoms with Gasteiger partial charge in [0, 0.05) is 12.4 Å². The molecule has 0 radical (unpaired) electrons. The van der Waals surface area contributed by atoms with Crippen molar-refractivity contribution >= 4 is 15.7 Å². The summed E-state index contributed by atoms with van der Waals surface area (Å²) < 4.78 is 38.3. The molecule has 1 aliphatic rings. The van der Waals surface area contributed by atoms with Gasteiger partial charge in [-0.15, -0.1) is 0 Å². The number of rotatable bonds is 4. The SMILES string of the molecule is O=S(=O)(Nc1cccc2c1OCO2)c1c[nH]c(-c2ccccn2)c1. The Morgan fingerprint density at radius 2 is 2.04 bits per heavy atom. The second kappa shape index (κ2) is 5.57. The Kier molecular flexibility index (Phi) is 3.39. The largest absolute Gasteiger partial charge is 0.454 e. The quantitative estimate of drug-likeness (QED) is 0.759. The number of hydrogen-bond donors (Lipinski definition) is 2. The first kappa shape index (κ1) is 14.6. The lowest BCUT2D eigenvalue weighted by Crippen LogP contribution is -2.12. The molecule has 0 bridgehead atoms. The number of nitrogens with zero attached hydrogens (tertiary/aromatic N) is 1. The topological polar surface area (TPSA) is 93.3 Å². The van der Waals surface area contributed by atoms with E-state index >= 15 is 0 Å². The first-order valence-corrected chi connectivity index (χ1v) is 8.63. The molecular formula is C16H13N3O4S. The van der Waals surface area contributed by atoms with E-state index in [9.17, 15) is 8.42 Å². The van der Waals surface area contributed by atoms with Crippen LogP contribution in [-0.2, 0) is 10.0 Å². The number of ether oxygens (including phenoxy) is 2. The number of H-pyrrole nitrogens is 1. The predicted molar refractivity (Wildman–Crippen MR) is 87.4 cm³/mol. The number of benzene rings is 1. The molecule has 8 heteroatoms.